The van der Waals surface area contributed by atoms with Gasteiger partial charge in [0.1, 0.15) is 0 Å². The molecule has 0 saturated heterocycles. The first-order valence-corrected chi connectivity index (χ1v) is 5.92. The van der Waals surface area contributed by atoms with Gasteiger partial charge in [0.05, 0.1) is 0 Å². The molecule has 0 spiro atoms. The summed E-state index contributed by atoms with van der Waals surface area (Å²) in [5, 5.41) is 1.05. The molecule has 0 bridgehead atoms. The molecular weight excluding hydrogens is 152 g/mol. The van der Waals surface area contributed by atoms with E-state index in [1.807, 2.05) is 30.3 Å². The Bertz CT molecular complexity index is 198. The Morgan fingerprint density at radius 3 is 2.45 bits per heavy atom. The summed E-state index contributed by atoms with van der Waals surface area (Å²) in [6.07, 6.45) is 1.02. The summed E-state index contributed by atoms with van der Waals surface area (Å²) in [5.74, 6) is 0. The summed E-state index contributed by atoms with van der Waals surface area (Å²) in [6, 6.07) is 10.6. The Hall–Kier alpha value is -0.603. The van der Waals surface area contributed by atoms with Gasteiger partial charge in [0.25, 0.3) is 9.04 Å². The predicted octanol–water partition coefficient (Wildman–Crippen LogP) is 1.46. The lowest BCUT2D eigenvalue weighted by molar-refractivity contribution is 0.457. The maximum Gasteiger partial charge on any atom is 0.253 e. The SMILES string of the molecule is CCC[SiH]([O])c1ccccc1. The second-order valence-corrected chi connectivity index (χ2v) is 4.91. The molecule has 0 amide bonds. The molecule has 0 aromatic heterocycles. The van der Waals surface area contributed by atoms with Crippen molar-refractivity contribution in [2.24, 2.45) is 0 Å². The van der Waals surface area contributed by atoms with Gasteiger partial charge in [-0.2, -0.15) is 0 Å². The second kappa shape index (κ2) is 4.31. The second-order valence-electron chi connectivity index (χ2n) is 2.69. The minimum atomic E-state index is -1.81. The Kier molecular flexibility index (Phi) is 3.33. The number of hydrogen-bond donors (Lipinski definition) is 0. The van der Waals surface area contributed by atoms with E-state index in [2.05, 4.69) is 6.92 Å². The highest BCUT2D eigenvalue weighted by Crippen LogP contribution is 1.95. The molecule has 2 heteroatoms. The van der Waals surface area contributed by atoms with Crippen molar-refractivity contribution in [2.75, 3.05) is 0 Å². The lowest BCUT2D eigenvalue weighted by Gasteiger charge is -2.02. The summed E-state index contributed by atoms with van der Waals surface area (Å²) in [6.45, 7) is 2.07. The molecule has 59 valence electrons. The van der Waals surface area contributed by atoms with Crippen molar-refractivity contribution in [1.29, 1.82) is 0 Å². The summed E-state index contributed by atoms with van der Waals surface area (Å²) >= 11 is 0. The van der Waals surface area contributed by atoms with Crippen molar-refractivity contribution in [3.63, 3.8) is 0 Å². The van der Waals surface area contributed by atoms with E-state index in [9.17, 15) is 4.80 Å². The van der Waals surface area contributed by atoms with Crippen LogP contribution in [0.25, 0.3) is 0 Å². The average molecular weight is 165 g/mol. The molecule has 0 fully saturated rings. The number of hydrogen-bond acceptors (Lipinski definition) is 0. The summed E-state index contributed by atoms with van der Waals surface area (Å²) in [7, 11) is -1.81. The van der Waals surface area contributed by atoms with Crippen molar-refractivity contribution < 1.29 is 4.80 Å². The first kappa shape index (κ1) is 8.49. The first-order valence-electron chi connectivity index (χ1n) is 4.05. The molecule has 1 rings (SSSR count). The quantitative estimate of drug-likeness (QED) is 0.604. The third kappa shape index (κ3) is 2.48. The van der Waals surface area contributed by atoms with Gasteiger partial charge in [-0.25, -0.2) is 0 Å². The minimum Gasteiger partial charge on any atom is -0.296 e. The number of rotatable bonds is 3. The maximum atomic E-state index is 11.5. The molecule has 0 N–H and O–H groups in total. The van der Waals surface area contributed by atoms with Crippen molar-refractivity contribution in [3.05, 3.63) is 30.3 Å². The maximum absolute atomic E-state index is 11.5. The fourth-order valence-electron chi connectivity index (χ4n) is 1.10. The molecule has 1 radical (unpaired) electrons. The number of benzene rings is 1. The van der Waals surface area contributed by atoms with E-state index in [-0.39, 0.29) is 0 Å². The van der Waals surface area contributed by atoms with Gasteiger partial charge in [0.15, 0.2) is 0 Å². The Morgan fingerprint density at radius 2 is 1.91 bits per heavy atom. The van der Waals surface area contributed by atoms with Gasteiger partial charge < -0.3 is 0 Å². The molecule has 1 unspecified atom stereocenters. The van der Waals surface area contributed by atoms with E-state index in [0.717, 1.165) is 17.7 Å². The normalized spacial score (nSPS) is 12.9. The molecule has 0 aliphatic rings. The lowest BCUT2D eigenvalue weighted by atomic mass is 10.4. The molecule has 1 aromatic carbocycles. The zero-order valence-electron chi connectivity index (χ0n) is 6.79. The van der Waals surface area contributed by atoms with Crippen LogP contribution in [0.2, 0.25) is 6.04 Å². The Labute approximate surface area is 69.4 Å². The molecule has 11 heavy (non-hydrogen) atoms. The van der Waals surface area contributed by atoms with Crippen LogP contribution in [0.3, 0.4) is 0 Å². The summed E-state index contributed by atoms with van der Waals surface area (Å²) in [5.41, 5.74) is 0. The molecule has 1 aromatic rings. The molecule has 0 aliphatic heterocycles. The lowest BCUT2D eigenvalue weighted by Crippen LogP contribution is -2.27. The van der Waals surface area contributed by atoms with E-state index in [4.69, 9.17) is 0 Å². The van der Waals surface area contributed by atoms with Crippen LogP contribution < -0.4 is 5.19 Å². The molecule has 0 aliphatic carbocycles. The minimum absolute atomic E-state index is 0.879. The Morgan fingerprint density at radius 1 is 1.27 bits per heavy atom. The topological polar surface area (TPSA) is 19.9 Å². The summed E-state index contributed by atoms with van der Waals surface area (Å²) < 4.78 is 0. The van der Waals surface area contributed by atoms with E-state index in [1.54, 1.807) is 0 Å². The van der Waals surface area contributed by atoms with Gasteiger partial charge in [0, 0.05) is 0 Å². The van der Waals surface area contributed by atoms with Crippen molar-refractivity contribution >= 4 is 14.2 Å². The standard InChI is InChI=1S/C9H13OSi/c1-2-8-11(10)9-6-4-3-5-7-9/h3-7,11H,2,8H2,1H3. The van der Waals surface area contributed by atoms with Crippen molar-refractivity contribution in [1.82, 2.24) is 0 Å². The molecule has 0 heterocycles. The average Bonchev–Trinajstić information content (AvgIpc) is 2.07. The van der Waals surface area contributed by atoms with E-state index < -0.39 is 9.04 Å². The third-order valence-corrected chi connectivity index (χ3v) is 3.95. The molecule has 1 nitrogen and oxygen atoms in total. The van der Waals surface area contributed by atoms with Crippen LogP contribution in [0, 0.1) is 0 Å². The van der Waals surface area contributed by atoms with E-state index in [0.29, 0.717) is 0 Å². The van der Waals surface area contributed by atoms with Crippen LogP contribution in [0.1, 0.15) is 13.3 Å². The monoisotopic (exact) mass is 165 g/mol. The van der Waals surface area contributed by atoms with Gasteiger partial charge >= 0.3 is 0 Å². The first-order chi connectivity index (χ1) is 5.34. The smallest absolute Gasteiger partial charge is 0.253 e. The summed E-state index contributed by atoms with van der Waals surface area (Å²) in [4.78, 5) is 11.5. The fraction of sp³-hybridized carbons (Fsp3) is 0.333. The van der Waals surface area contributed by atoms with Gasteiger partial charge in [-0.3, -0.25) is 4.80 Å². The Balaban J connectivity index is 2.61. The highest BCUT2D eigenvalue weighted by Gasteiger charge is 2.09. The van der Waals surface area contributed by atoms with Crippen LogP contribution in [-0.4, -0.2) is 9.04 Å². The van der Waals surface area contributed by atoms with E-state index in [1.165, 1.54) is 0 Å². The molecular formula is C9H13OSi. The van der Waals surface area contributed by atoms with Gasteiger partial charge in [0.2, 0.25) is 0 Å². The largest absolute Gasteiger partial charge is 0.296 e. The van der Waals surface area contributed by atoms with Crippen LogP contribution in [0.4, 0.5) is 0 Å². The van der Waals surface area contributed by atoms with Gasteiger partial charge in [-0.15, -0.1) is 0 Å². The molecule has 1 atom stereocenters. The van der Waals surface area contributed by atoms with Gasteiger partial charge in [-0.1, -0.05) is 43.7 Å². The van der Waals surface area contributed by atoms with Crippen LogP contribution in [0.5, 0.6) is 0 Å². The third-order valence-electron chi connectivity index (χ3n) is 1.72. The van der Waals surface area contributed by atoms with Crippen molar-refractivity contribution in [3.8, 4) is 0 Å². The van der Waals surface area contributed by atoms with Crippen LogP contribution >= 0.6 is 0 Å². The van der Waals surface area contributed by atoms with Crippen LogP contribution in [-0.2, 0) is 4.80 Å². The highest BCUT2D eigenvalue weighted by atomic mass is 28.3. The highest BCUT2D eigenvalue weighted by molar-refractivity contribution is 6.65. The molecule has 0 saturated carbocycles. The van der Waals surface area contributed by atoms with E-state index >= 15 is 0 Å². The van der Waals surface area contributed by atoms with Crippen molar-refractivity contribution in [2.45, 2.75) is 19.4 Å². The fourth-order valence-corrected chi connectivity index (χ4v) is 2.61. The zero-order chi connectivity index (χ0) is 8.10. The van der Waals surface area contributed by atoms with Crippen LogP contribution in [0.15, 0.2) is 30.3 Å². The van der Waals surface area contributed by atoms with Gasteiger partial charge in [-0.05, 0) is 11.2 Å². The zero-order valence-corrected chi connectivity index (χ0v) is 7.94. The predicted molar refractivity (Wildman–Crippen MR) is 49.0 cm³/mol.